The second-order valence-corrected chi connectivity index (χ2v) is 4.92. The quantitative estimate of drug-likeness (QED) is 0.852. The van der Waals surface area contributed by atoms with E-state index in [-0.39, 0.29) is 12.0 Å². The lowest BCUT2D eigenvalue weighted by Crippen LogP contribution is -2.11. The molecule has 1 fully saturated rings. The number of benzene rings is 1. The van der Waals surface area contributed by atoms with E-state index in [4.69, 9.17) is 9.47 Å². The van der Waals surface area contributed by atoms with E-state index < -0.39 is 0 Å². The lowest BCUT2D eigenvalue weighted by atomic mass is 9.95. The van der Waals surface area contributed by atoms with Crippen molar-refractivity contribution in [1.82, 2.24) is 0 Å². The van der Waals surface area contributed by atoms with Crippen molar-refractivity contribution in [2.45, 2.75) is 26.2 Å². The van der Waals surface area contributed by atoms with Crippen molar-refractivity contribution in [2.75, 3.05) is 20.8 Å². The molecule has 1 aliphatic carbocycles. The molecule has 3 nitrogen and oxygen atoms in total. The van der Waals surface area contributed by atoms with Crippen LogP contribution in [0.3, 0.4) is 0 Å². The van der Waals surface area contributed by atoms with Gasteiger partial charge >= 0.3 is 0 Å². The van der Waals surface area contributed by atoms with E-state index in [1.54, 1.807) is 14.2 Å². The summed E-state index contributed by atoms with van der Waals surface area (Å²) in [5.74, 6) is 1.74. The lowest BCUT2D eigenvalue weighted by molar-refractivity contribution is 0.210. The van der Waals surface area contributed by atoms with Crippen LogP contribution in [0.15, 0.2) is 12.1 Å². The van der Waals surface area contributed by atoms with Crippen LogP contribution in [-0.2, 0) is 6.42 Å². The van der Waals surface area contributed by atoms with Crippen LogP contribution in [0, 0.1) is 12.3 Å². The molecule has 0 atom stereocenters. The van der Waals surface area contributed by atoms with Gasteiger partial charge in [0.2, 0.25) is 0 Å². The van der Waals surface area contributed by atoms with Gasteiger partial charge in [0.1, 0.15) is 11.5 Å². The van der Waals surface area contributed by atoms with Gasteiger partial charge in [-0.2, -0.15) is 0 Å². The molecule has 1 aromatic carbocycles. The molecule has 17 heavy (non-hydrogen) atoms. The van der Waals surface area contributed by atoms with Gasteiger partial charge < -0.3 is 14.6 Å². The van der Waals surface area contributed by atoms with Gasteiger partial charge in [0.25, 0.3) is 0 Å². The monoisotopic (exact) mass is 236 g/mol. The Morgan fingerprint density at radius 2 is 1.94 bits per heavy atom. The average molecular weight is 236 g/mol. The van der Waals surface area contributed by atoms with Crippen molar-refractivity contribution in [3.8, 4) is 11.5 Å². The molecule has 2 rings (SSSR count). The fourth-order valence-electron chi connectivity index (χ4n) is 2.35. The van der Waals surface area contributed by atoms with Crippen LogP contribution >= 0.6 is 0 Å². The van der Waals surface area contributed by atoms with Crippen molar-refractivity contribution in [1.29, 1.82) is 0 Å². The molecule has 0 saturated heterocycles. The fourth-order valence-corrected chi connectivity index (χ4v) is 2.35. The Labute approximate surface area is 102 Å². The Morgan fingerprint density at radius 3 is 2.41 bits per heavy atom. The van der Waals surface area contributed by atoms with Crippen LogP contribution in [0.5, 0.6) is 11.5 Å². The maximum Gasteiger partial charge on any atom is 0.128 e. The standard InChI is InChI=1S/C14H20O3/c1-10-12(16-2)5-4-11(13(10)17-3)8-14(9-15)6-7-14/h4-5,15H,6-9H2,1-3H3. The Hall–Kier alpha value is -1.22. The van der Waals surface area contributed by atoms with Gasteiger partial charge in [-0.25, -0.2) is 0 Å². The van der Waals surface area contributed by atoms with Crippen molar-refractivity contribution in [3.63, 3.8) is 0 Å². The van der Waals surface area contributed by atoms with Gasteiger partial charge in [0, 0.05) is 12.2 Å². The molecular formula is C14H20O3. The highest BCUT2D eigenvalue weighted by Crippen LogP contribution is 2.49. The van der Waals surface area contributed by atoms with E-state index in [0.717, 1.165) is 41.9 Å². The smallest absolute Gasteiger partial charge is 0.128 e. The summed E-state index contributed by atoms with van der Waals surface area (Å²) in [6.45, 7) is 2.26. The highest BCUT2D eigenvalue weighted by Gasteiger charge is 2.42. The van der Waals surface area contributed by atoms with Crippen LogP contribution in [0.1, 0.15) is 24.0 Å². The molecule has 94 valence electrons. The predicted molar refractivity (Wildman–Crippen MR) is 66.7 cm³/mol. The van der Waals surface area contributed by atoms with E-state index in [1.165, 1.54) is 0 Å². The van der Waals surface area contributed by atoms with Crippen molar-refractivity contribution < 1.29 is 14.6 Å². The minimum absolute atomic E-state index is 0.105. The molecule has 0 radical (unpaired) electrons. The first-order chi connectivity index (χ1) is 8.15. The molecule has 1 aromatic rings. The van der Waals surface area contributed by atoms with Gasteiger partial charge in [0.05, 0.1) is 14.2 Å². The second kappa shape index (κ2) is 4.57. The molecule has 1 aliphatic rings. The summed E-state index contributed by atoms with van der Waals surface area (Å²) >= 11 is 0. The van der Waals surface area contributed by atoms with Crippen molar-refractivity contribution >= 4 is 0 Å². The van der Waals surface area contributed by atoms with E-state index >= 15 is 0 Å². The molecular weight excluding hydrogens is 216 g/mol. The molecule has 0 spiro atoms. The number of aliphatic hydroxyl groups is 1. The van der Waals surface area contributed by atoms with Crippen LogP contribution in [-0.4, -0.2) is 25.9 Å². The van der Waals surface area contributed by atoms with Crippen LogP contribution in [0.25, 0.3) is 0 Å². The van der Waals surface area contributed by atoms with Crippen molar-refractivity contribution in [3.05, 3.63) is 23.3 Å². The predicted octanol–water partition coefficient (Wildman–Crippen LogP) is 2.33. The molecule has 0 aliphatic heterocycles. The highest BCUT2D eigenvalue weighted by atomic mass is 16.5. The molecule has 0 amide bonds. The van der Waals surface area contributed by atoms with Crippen LogP contribution in [0.2, 0.25) is 0 Å². The zero-order valence-corrected chi connectivity index (χ0v) is 10.7. The maximum absolute atomic E-state index is 9.39. The van der Waals surface area contributed by atoms with Gasteiger partial charge in [-0.05, 0) is 43.2 Å². The number of ether oxygens (including phenoxy) is 2. The molecule has 0 heterocycles. The highest BCUT2D eigenvalue weighted by molar-refractivity contribution is 5.49. The lowest BCUT2D eigenvalue weighted by Gasteiger charge is -2.17. The van der Waals surface area contributed by atoms with Gasteiger partial charge in [-0.1, -0.05) is 6.07 Å². The number of hydrogen-bond donors (Lipinski definition) is 1. The summed E-state index contributed by atoms with van der Waals surface area (Å²) in [6, 6.07) is 4.01. The number of methoxy groups -OCH3 is 2. The number of rotatable bonds is 5. The van der Waals surface area contributed by atoms with Gasteiger partial charge in [-0.3, -0.25) is 0 Å². The fraction of sp³-hybridized carbons (Fsp3) is 0.571. The molecule has 1 saturated carbocycles. The zero-order chi connectivity index (χ0) is 12.5. The third-order valence-corrected chi connectivity index (χ3v) is 3.72. The van der Waals surface area contributed by atoms with Crippen molar-refractivity contribution in [2.24, 2.45) is 5.41 Å². The third kappa shape index (κ3) is 2.25. The topological polar surface area (TPSA) is 38.7 Å². The summed E-state index contributed by atoms with van der Waals surface area (Å²) in [5, 5.41) is 9.39. The van der Waals surface area contributed by atoms with Crippen LogP contribution in [0.4, 0.5) is 0 Å². The summed E-state index contributed by atoms with van der Waals surface area (Å²) < 4.78 is 10.8. The molecule has 3 heteroatoms. The Bertz CT molecular complexity index is 408. The second-order valence-electron chi connectivity index (χ2n) is 4.92. The van der Waals surface area contributed by atoms with E-state index in [0.29, 0.717) is 0 Å². The average Bonchev–Trinajstić information content (AvgIpc) is 3.10. The normalized spacial score (nSPS) is 16.7. The number of aliphatic hydroxyl groups excluding tert-OH is 1. The summed E-state index contributed by atoms with van der Waals surface area (Å²) in [4.78, 5) is 0. The van der Waals surface area contributed by atoms with Gasteiger partial charge in [-0.15, -0.1) is 0 Å². The first-order valence-electron chi connectivity index (χ1n) is 5.97. The number of hydrogen-bond acceptors (Lipinski definition) is 3. The molecule has 0 aromatic heterocycles. The Morgan fingerprint density at radius 1 is 1.24 bits per heavy atom. The third-order valence-electron chi connectivity index (χ3n) is 3.72. The van der Waals surface area contributed by atoms with Crippen LogP contribution < -0.4 is 9.47 Å². The molecule has 0 bridgehead atoms. The summed E-state index contributed by atoms with van der Waals surface area (Å²) in [6.07, 6.45) is 3.10. The summed E-state index contributed by atoms with van der Waals surface area (Å²) in [5.41, 5.74) is 2.30. The largest absolute Gasteiger partial charge is 0.496 e. The Balaban J connectivity index is 2.31. The molecule has 0 unspecified atom stereocenters. The zero-order valence-electron chi connectivity index (χ0n) is 10.7. The minimum Gasteiger partial charge on any atom is -0.496 e. The molecule has 1 N–H and O–H groups in total. The summed E-state index contributed by atoms with van der Waals surface area (Å²) in [7, 11) is 3.35. The minimum atomic E-state index is 0.105. The Kier molecular flexibility index (Phi) is 3.29. The van der Waals surface area contributed by atoms with E-state index in [1.807, 2.05) is 19.1 Å². The van der Waals surface area contributed by atoms with Gasteiger partial charge in [0.15, 0.2) is 0 Å². The van der Waals surface area contributed by atoms with E-state index in [9.17, 15) is 5.11 Å². The maximum atomic E-state index is 9.39. The SMILES string of the molecule is COc1ccc(CC2(CO)CC2)c(OC)c1C. The van der Waals surface area contributed by atoms with E-state index in [2.05, 4.69) is 0 Å². The first kappa shape index (κ1) is 12.2. The first-order valence-corrected chi connectivity index (χ1v) is 5.97.